The van der Waals surface area contributed by atoms with E-state index in [1.807, 2.05) is 26.0 Å². The van der Waals surface area contributed by atoms with Gasteiger partial charge in [-0.2, -0.15) is 0 Å². The van der Waals surface area contributed by atoms with E-state index in [1.54, 1.807) is 0 Å². The first-order chi connectivity index (χ1) is 8.11. The number of aryl methyl sites for hydroxylation is 2. The molecule has 0 aliphatic rings. The Balaban J connectivity index is 2.36. The first-order valence-corrected chi connectivity index (χ1v) is 5.53. The number of benzene rings is 1. The molecule has 0 heterocycles. The molecule has 0 spiro atoms. The summed E-state index contributed by atoms with van der Waals surface area (Å²) in [4.78, 5) is 11.2. The van der Waals surface area contributed by atoms with E-state index < -0.39 is 0 Å². The van der Waals surface area contributed by atoms with Crippen LogP contribution in [-0.4, -0.2) is 19.1 Å². The minimum Gasteiger partial charge on any atom is -0.493 e. The molecule has 0 aliphatic carbocycles. The van der Waals surface area contributed by atoms with Crippen LogP contribution in [0, 0.1) is 26.2 Å². The molecule has 1 aromatic carbocycles. The van der Waals surface area contributed by atoms with Crippen LogP contribution in [0.3, 0.4) is 0 Å². The third-order valence-corrected chi connectivity index (χ3v) is 2.18. The SMILES string of the molecule is C#CCNC(=O)CCOc1cc(C)cc(C)c1. The fourth-order valence-corrected chi connectivity index (χ4v) is 1.52. The zero-order valence-electron chi connectivity index (χ0n) is 10.2. The highest BCUT2D eigenvalue weighted by atomic mass is 16.5. The zero-order chi connectivity index (χ0) is 12.7. The van der Waals surface area contributed by atoms with Gasteiger partial charge in [-0.15, -0.1) is 6.42 Å². The molecule has 0 aliphatic heterocycles. The molecule has 0 saturated carbocycles. The molecule has 0 fully saturated rings. The van der Waals surface area contributed by atoms with E-state index in [1.165, 1.54) is 0 Å². The van der Waals surface area contributed by atoms with Crippen molar-refractivity contribution in [2.45, 2.75) is 20.3 Å². The van der Waals surface area contributed by atoms with Crippen LogP contribution in [0.15, 0.2) is 18.2 Å². The molecule has 90 valence electrons. The molecular formula is C14H17NO2. The van der Waals surface area contributed by atoms with Crippen molar-refractivity contribution in [1.82, 2.24) is 5.32 Å². The minimum absolute atomic E-state index is 0.0904. The monoisotopic (exact) mass is 231 g/mol. The van der Waals surface area contributed by atoms with E-state index in [-0.39, 0.29) is 12.5 Å². The molecule has 17 heavy (non-hydrogen) atoms. The predicted molar refractivity (Wildman–Crippen MR) is 67.9 cm³/mol. The second-order valence-corrected chi connectivity index (χ2v) is 3.90. The highest BCUT2D eigenvalue weighted by Crippen LogP contribution is 2.16. The third-order valence-electron chi connectivity index (χ3n) is 2.18. The van der Waals surface area contributed by atoms with Gasteiger partial charge in [-0.05, 0) is 37.1 Å². The molecule has 0 atom stereocenters. The van der Waals surface area contributed by atoms with Gasteiger partial charge >= 0.3 is 0 Å². The summed E-state index contributed by atoms with van der Waals surface area (Å²) in [5, 5.41) is 2.59. The molecule has 3 nitrogen and oxygen atoms in total. The topological polar surface area (TPSA) is 38.3 Å². The van der Waals surface area contributed by atoms with Gasteiger partial charge in [-0.3, -0.25) is 4.79 Å². The van der Waals surface area contributed by atoms with Crippen molar-refractivity contribution in [1.29, 1.82) is 0 Å². The highest BCUT2D eigenvalue weighted by molar-refractivity contribution is 5.76. The third kappa shape index (κ3) is 5.07. The fourth-order valence-electron chi connectivity index (χ4n) is 1.52. The molecule has 0 aromatic heterocycles. The van der Waals surface area contributed by atoms with E-state index in [0.717, 1.165) is 16.9 Å². The maximum Gasteiger partial charge on any atom is 0.224 e. The van der Waals surface area contributed by atoms with Crippen LogP contribution in [0.25, 0.3) is 0 Å². The number of ether oxygens (including phenoxy) is 1. The summed E-state index contributed by atoms with van der Waals surface area (Å²) in [6.45, 7) is 4.65. The molecule has 0 radical (unpaired) electrons. The Morgan fingerprint density at radius 3 is 2.59 bits per heavy atom. The summed E-state index contributed by atoms with van der Waals surface area (Å²) in [6, 6.07) is 5.98. The van der Waals surface area contributed by atoms with E-state index in [2.05, 4.69) is 17.3 Å². The molecule has 3 heteroatoms. The van der Waals surface area contributed by atoms with Gasteiger partial charge in [0.15, 0.2) is 0 Å². The number of carbonyl (C=O) groups excluding carboxylic acids is 1. The number of hydrogen-bond acceptors (Lipinski definition) is 2. The van der Waals surface area contributed by atoms with Gasteiger partial charge in [0.25, 0.3) is 0 Å². The Kier molecular flexibility index (Phi) is 5.09. The van der Waals surface area contributed by atoms with Gasteiger partial charge in [-0.25, -0.2) is 0 Å². The van der Waals surface area contributed by atoms with Crippen molar-refractivity contribution >= 4 is 5.91 Å². The van der Waals surface area contributed by atoms with Crippen molar-refractivity contribution in [3.63, 3.8) is 0 Å². The second kappa shape index (κ2) is 6.59. The van der Waals surface area contributed by atoms with Gasteiger partial charge in [-0.1, -0.05) is 12.0 Å². The van der Waals surface area contributed by atoms with Crippen LogP contribution in [0.5, 0.6) is 5.75 Å². The summed E-state index contributed by atoms with van der Waals surface area (Å²) >= 11 is 0. The molecule has 1 amide bonds. The van der Waals surface area contributed by atoms with Crippen LogP contribution in [0.1, 0.15) is 17.5 Å². The summed E-state index contributed by atoms with van der Waals surface area (Å²) in [5.41, 5.74) is 2.30. The first kappa shape index (κ1) is 13.1. The van der Waals surface area contributed by atoms with Crippen LogP contribution in [-0.2, 0) is 4.79 Å². The smallest absolute Gasteiger partial charge is 0.224 e. The van der Waals surface area contributed by atoms with E-state index in [4.69, 9.17) is 11.2 Å². The van der Waals surface area contributed by atoms with Gasteiger partial charge in [0, 0.05) is 0 Å². The standard InChI is InChI=1S/C14H17NO2/c1-4-6-15-14(16)5-7-17-13-9-11(2)8-12(3)10-13/h1,8-10H,5-7H2,2-3H3,(H,15,16). The van der Waals surface area contributed by atoms with Crippen molar-refractivity contribution in [2.75, 3.05) is 13.2 Å². The largest absolute Gasteiger partial charge is 0.493 e. The summed E-state index contributed by atoms with van der Waals surface area (Å²) < 4.78 is 5.51. The number of carbonyl (C=O) groups is 1. The predicted octanol–water partition coefficient (Wildman–Crippen LogP) is 1.82. The number of terminal acetylenes is 1. The van der Waals surface area contributed by atoms with Crippen molar-refractivity contribution in [3.8, 4) is 18.1 Å². The molecule has 0 bridgehead atoms. The Hall–Kier alpha value is -1.95. The van der Waals surface area contributed by atoms with Crippen molar-refractivity contribution in [2.24, 2.45) is 0 Å². The second-order valence-electron chi connectivity index (χ2n) is 3.90. The van der Waals surface area contributed by atoms with Crippen LogP contribution in [0.4, 0.5) is 0 Å². The summed E-state index contributed by atoms with van der Waals surface area (Å²) in [6.07, 6.45) is 5.35. The van der Waals surface area contributed by atoms with Gasteiger partial charge in [0.2, 0.25) is 5.91 Å². The van der Waals surface area contributed by atoms with Gasteiger partial charge < -0.3 is 10.1 Å². The highest BCUT2D eigenvalue weighted by Gasteiger charge is 2.01. The Morgan fingerprint density at radius 1 is 1.35 bits per heavy atom. The molecule has 1 aromatic rings. The Labute approximate surface area is 102 Å². The van der Waals surface area contributed by atoms with Crippen molar-refractivity contribution in [3.05, 3.63) is 29.3 Å². The Morgan fingerprint density at radius 2 is 2.00 bits per heavy atom. The number of hydrogen-bond donors (Lipinski definition) is 1. The quantitative estimate of drug-likeness (QED) is 0.785. The molecule has 0 saturated heterocycles. The number of nitrogens with one attached hydrogen (secondary N) is 1. The molecule has 1 N–H and O–H groups in total. The summed E-state index contributed by atoms with van der Waals surface area (Å²) in [5.74, 6) is 3.06. The fraction of sp³-hybridized carbons (Fsp3) is 0.357. The average molecular weight is 231 g/mol. The van der Waals surface area contributed by atoms with E-state index >= 15 is 0 Å². The molecule has 0 unspecified atom stereocenters. The van der Waals surface area contributed by atoms with Crippen LogP contribution in [0.2, 0.25) is 0 Å². The Bertz CT molecular complexity index is 412. The van der Waals surface area contributed by atoms with E-state index in [0.29, 0.717) is 13.0 Å². The van der Waals surface area contributed by atoms with E-state index in [9.17, 15) is 4.79 Å². The minimum atomic E-state index is -0.0904. The normalized spacial score (nSPS) is 9.47. The number of rotatable bonds is 5. The zero-order valence-corrected chi connectivity index (χ0v) is 10.2. The lowest BCUT2D eigenvalue weighted by Crippen LogP contribution is -2.25. The van der Waals surface area contributed by atoms with Crippen LogP contribution >= 0.6 is 0 Å². The summed E-state index contributed by atoms with van der Waals surface area (Å²) in [7, 11) is 0. The van der Waals surface area contributed by atoms with Crippen molar-refractivity contribution < 1.29 is 9.53 Å². The average Bonchev–Trinajstić information content (AvgIpc) is 2.25. The van der Waals surface area contributed by atoms with Gasteiger partial charge in [0.05, 0.1) is 19.6 Å². The van der Waals surface area contributed by atoms with Crippen LogP contribution < -0.4 is 10.1 Å². The maximum atomic E-state index is 11.2. The maximum absolute atomic E-state index is 11.2. The molecular weight excluding hydrogens is 214 g/mol. The van der Waals surface area contributed by atoms with Gasteiger partial charge in [0.1, 0.15) is 5.75 Å². The lowest BCUT2D eigenvalue weighted by atomic mass is 10.1. The number of amides is 1. The first-order valence-electron chi connectivity index (χ1n) is 5.53. The molecule has 1 rings (SSSR count). The lowest BCUT2D eigenvalue weighted by Gasteiger charge is -2.08. The lowest BCUT2D eigenvalue weighted by molar-refractivity contribution is -0.121.